The number of carbonyl (C=O) groups is 1. The van der Waals surface area contributed by atoms with Crippen LogP contribution in [0.4, 0.5) is 0 Å². The summed E-state index contributed by atoms with van der Waals surface area (Å²) in [6.45, 7) is 2.96. The largest absolute Gasteiger partial charge is 0.347 e. The summed E-state index contributed by atoms with van der Waals surface area (Å²) in [5, 5.41) is 11.7. The average molecular weight is 414 g/mol. The first-order valence-electron chi connectivity index (χ1n) is 9.92. The van der Waals surface area contributed by atoms with Crippen molar-refractivity contribution in [3.63, 3.8) is 0 Å². The number of fused-ring (bicyclic) bond motifs is 2. The van der Waals surface area contributed by atoms with Gasteiger partial charge in [0.15, 0.2) is 0 Å². The summed E-state index contributed by atoms with van der Waals surface area (Å²) in [6.07, 6.45) is 5.47. The van der Waals surface area contributed by atoms with E-state index in [0.29, 0.717) is 11.1 Å². The van der Waals surface area contributed by atoms with Crippen molar-refractivity contribution in [2.75, 3.05) is 0 Å². The number of aromatic nitrogens is 2. The molecule has 2 aromatic heterocycles. The average Bonchev–Trinajstić information content (AvgIpc) is 3.14. The minimum Gasteiger partial charge on any atom is -0.347 e. The maximum atomic E-state index is 13.3. The molecule has 4 nitrogen and oxygen atoms in total. The maximum absolute atomic E-state index is 13.3. The number of hydrogen-bond acceptors (Lipinski definition) is 3. The number of hydrogen-bond donors (Lipinski definition) is 0. The third-order valence-corrected chi connectivity index (χ3v) is 5.46. The summed E-state index contributed by atoms with van der Waals surface area (Å²) in [7, 11) is 0. The van der Waals surface area contributed by atoms with Crippen molar-refractivity contribution >= 4 is 45.3 Å². The molecule has 0 N–H and O–H groups in total. The normalized spacial score (nSPS) is 11.7. The van der Waals surface area contributed by atoms with Gasteiger partial charge in [0.05, 0.1) is 5.52 Å². The summed E-state index contributed by atoms with van der Waals surface area (Å²) < 4.78 is 2.09. The molecular weight excluding hydrogens is 394 g/mol. The van der Waals surface area contributed by atoms with Gasteiger partial charge in [-0.25, -0.2) is 4.98 Å². The lowest BCUT2D eigenvalue weighted by molar-refractivity contribution is 0.104. The Labute approximate surface area is 180 Å². The Morgan fingerprint density at radius 3 is 2.77 bits per heavy atom. The van der Waals surface area contributed by atoms with Gasteiger partial charge in [0.25, 0.3) is 0 Å². The molecular formula is C25H20ClN3O. The Bertz CT molecular complexity index is 1330. The molecule has 5 heteroatoms. The number of para-hydroxylation sites is 2. The maximum Gasteiger partial charge on any atom is 0.205 e. The van der Waals surface area contributed by atoms with Crippen LogP contribution in [0.25, 0.3) is 27.9 Å². The Morgan fingerprint density at radius 2 is 1.97 bits per heavy atom. The number of carbonyl (C=O) groups excluding carboxylic acids is 1. The number of nitrogens with zero attached hydrogens (tertiary/aromatic N) is 3. The minimum absolute atomic E-state index is 0.0346. The van der Waals surface area contributed by atoms with E-state index in [9.17, 15) is 10.1 Å². The van der Waals surface area contributed by atoms with Crippen molar-refractivity contribution in [3.05, 3.63) is 82.6 Å². The van der Waals surface area contributed by atoms with Gasteiger partial charge in [-0.15, -0.1) is 0 Å². The standard InChI is InChI=1S/C25H20ClN3O/c1-2-3-12-29-16-21(20-9-5-7-11-23(20)29)24(30)19(15-27)14-18-13-17-8-4-6-10-22(17)28-25(18)26/h4-11,13-14,16H,2-3,12H2,1H3/b19-14+. The highest BCUT2D eigenvalue weighted by Gasteiger charge is 2.19. The topological polar surface area (TPSA) is 58.7 Å². The Morgan fingerprint density at radius 1 is 1.20 bits per heavy atom. The number of pyridine rings is 1. The number of nitriles is 1. The van der Waals surface area contributed by atoms with Crippen LogP contribution in [0.2, 0.25) is 5.15 Å². The van der Waals surface area contributed by atoms with E-state index in [1.54, 1.807) is 0 Å². The van der Waals surface area contributed by atoms with Gasteiger partial charge in [0, 0.05) is 40.2 Å². The Hall–Kier alpha value is -3.42. The molecule has 0 unspecified atom stereocenters. The number of allylic oxidation sites excluding steroid dienone is 1. The smallest absolute Gasteiger partial charge is 0.205 e. The Balaban J connectivity index is 1.79. The molecule has 148 valence electrons. The molecule has 4 aromatic rings. The number of rotatable bonds is 6. The molecule has 4 rings (SSSR count). The first-order chi connectivity index (χ1) is 14.6. The number of Topliss-reactive ketones (excluding diaryl/α,β-unsaturated/α-hetero) is 1. The van der Waals surface area contributed by atoms with E-state index >= 15 is 0 Å². The summed E-state index contributed by atoms with van der Waals surface area (Å²) in [4.78, 5) is 17.7. The van der Waals surface area contributed by atoms with Crippen LogP contribution in [0.1, 0.15) is 35.7 Å². The lowest BCUT2D eigenvalue weighted by Crippen LogP contribution is -2.02. The van der Waals surface area contributed by atoms with Crippen LogP contribution in [-0.4, -0.2) is 15.3 Å². The molecule has 0 aliphatic heterocycles. The van der Waals surface area contributed by atoms with Crippen molar-refractivity contribution < 1.29 is 4.79 Å². The second kappa shape index (κ2) is 8.52. The number of halogens is 1. The van der Waals surface area contributed by atoms with E-state index < -0.39 is 0 Å². The zero-order valence-electron chi connectivity index (χ0n) is 16.6. The van der Waals surface area contributed by atoms with Gasteiger partial charge in [-0.2, -0.15) is 5.26 Å². The van der Waals surface area contributed by atoms with Crippen LogP contribution >= 0.6 is 11.6 Å². The molecule has 0 aliphatic carbocycles. The van der Waals surface area contributed by atoms with Gasteiger partial charge in [-0.3, -0.25) is 4.79 Å². The fourth-order valence-electron chi connectivity index (χ4n) is 3.60. The first-order valence-corrected chi connectivity index (χ1v) is 10.3. The quantitative estimate of drug-likeness (QED) is 0.158. The molecule has 2 heterocycles. The van der Waals surface area contributed by atoms with Crippen LogP contribution < -0.4 is 0 Å². The monoisotopic (exact) mass is 413 g/mol. The fourth-order valence-corrected chi connectivity index (χ4v) is 3.80. The van der Waals surface area contributed by atoms with Crippen LogP contribution in [0.15, 0.2) is 66.4 Å². The van der Waals surface area contributed by atoms with Crippen molar-refractivity contribution in [1.82, 2.24) is 9.55 Å². The highest BCUT2D eigenvalue weighted by molar-refractivity contribution is 6.31. The van der Waals surface area contributed by atoms with E-state index in [4.69, 9.17) is 11.6 Å². The number of ketones is 1. The lowest BCUT2D eigenvalue weighted by atomic mass is 10.0. The third kappa shape index (κ3) is 3.72. The van der Waals surface area contributed by atoms with Gasteiger partial charge < -0.3 is 4.57 Å². The number of unbranched alkanes of at least 4 members (excludes halogenated alkanes) is 1. The van der Waals surface area contributed by atoms with Crippen LogP contribution in [0.3, 0.4) is 0 Å². The predicted octanol–water partition coefficient (Wildman–Crippen LogP) is 6.43. The summed E-state index contributed by atoms with van der Waals surface area (Å²) >= 11 is 6.33. The van der Waals surface area contributed by atoms with Gasteiger partial charge in [0.2, 0.25) is 5.78 Å². The van der Waals surface area contributed by atoms with Gasteiger partial charge in [-0.05, 0) is 30.7 Å². The molecule has 0 bridgehead atoms. The molecule has 0 saturated heterocycles. The molecule has 0 aliphatic rings. The highest BCUT2D eigenvalue weighted by atomic mass is 35.5. The molecule has 0 atom stereocenters. The van der Waals surface area contributed by atoms with Gasteiger partial charge in [0.1, 0.15) is 16.8 Å². The summed E-state index contributed by atoms with van der Waals surface area (Å²) in [6, 6.07) is 19.3. The molecule has 0 spiro atoms. The fraction of sp³-hybridized carbons (Fsp3) is 0.160. The van der Waals surface area contributed by atoms with E-state index in [1.807, 2.05) is 60.8 Å². The number of benzene rings is 2. The molecule has 0 fully saturated rings. The molecule has 0 radical (unpaired) electrons. The number of aryl methyl sites for hydroxylation is 1. The zero-order valence-corrected chi connectivity index (χ0v) is 17.4. The SMILES string of the molecule is CCCCn1cc(C(=O)/C(C#N)=C/c2cc3ccccc3nc2Cl)c2ccccc21. The van der Waals surface area contributed by atoms with Crippen LogP contribution in [-0.2, 0) is 6.54 Å². The first kappa shape index (κ1) is 19.9. The Kier molecular flexibility index (Phi) is 5.65. The minimum atomic E-state index is -0.312. The van der Waals surface area contributed by atoms with E-state index in [-0.39, 0.29) is 16.5 Å². The molecule has 0 amide bonds. The summed E-state index contributed by atoms with van der Waals surface area (Å²) in [5.74, 6) is -0.312. The second-order valence-electron chi connectivity index (χ2n) is 7.17. The summed E-state index contributed by atoms with van der Waals surface area (Å²) in [5.41, 5.74) is 2.88. The van der Waals surface area contributed by atoms with E-state index in [1.165, 1.54) is 6.08 Å². The highest BCUT2D eigenvalue weighted by Crippen LogP contribution is 2.27. The van der Waals surface area contributed by atoms with Crippen molar-refractivity contribution in [1.29, 1.82) is 5.26 Å². The molecule has 2 aromatic carbocycles. The van der Waals surface area contributed by atoms with Crippen molar-refractivity contribution in [3.8, 4) is 6.07 Å². The molecule has 0 saturated carbocycles. The van der Waals surface area contributed by atoms with Crippen molar-refractivity contribution in [2.45, 2.75) is 26.3 Å². The third-order valence-electron chi connectivity index (χ3n) is 5.16. The van der Waals surface area contributed by atoms with Crippen LogP contribution in [0.5, 0.6) is 0 Å². The lowest BCUT2D eigenvalue weighted by Gasteiger charge is -2.03. The second-order valence-corrected chi connectivity index (χ2v) is 7.52. The van der Waals surface area contributed by atoms with Crippen molar-refractivity contribution in [2.24, 2.45) is 0 Å². The van der Waals surface area contributed by atoms with E-state index in [0.717, 1.165) is 41.2 Å². The molecule has 30 heavy (non-hydrogen) atoms. The van der Waals surface area contributed by atoms with E-state index in [2.05, 4.69) is 22.5 Å². The van der Waals surface area contributed by atoms with Gasteiger partial charge >= 0.3 is 0 Å². The van der Waals surface area contributed by atoms with Gasteiger partial charge in [-0.1, -0.05) is 61.3 Å². The van der Waals surface area contributed by atoms with Crippen LogP contribution in [0, 0.1) is 11.3 Å². The predicted molar refractivity (Wildman–Crippen MR) is 122 cm³/mol. The zero-order chi connectivity index (χ0) is 21.1.